The van der Waals surface area contributed by atoms with Gasteiger partial charge in [0.05, 0.1) is 18.2 Å². The first-order chi connectivity index (χ1) is 10.9. The number of hydrogen-bond acceptors (Lipinski definition) is 3. The predicted molar refractivity (Wildman–Crippen MR) is 90.7 cm³/mol. The Kier molecular flexibility index (Phi) is 5.42. The fraction of sp³-hybridized carbons (Fsp3) is 0.444. The molecule has 1 atom stereocenters. The number of carbonyl (C=O) groups excluding carboxylic acids is 1. The molecule has 0 aliphatic heterocycles. The predicted octanol–water partition coefficient (Wildman–Crippen LogP) is 3.15. The molecule has 2 N–H and O–H groups in total. The van der Waals surface area contributed by atoms with Crippen LogP contribution >= 0.6 is 0 Å². The first kappa shape index (κ1) is 17.1. The third kappa shape index (κ3) is 3.92. The molecule has 0 radical (unpaired) electrons. The maximum Gasteiger partial charge on any atom is 0.227 e. The normalized spacial score (nSPS) is 12.0. The highest BCUT2D eigenvalue weighted by Crippen LogP contribution is 2.22. The molecular formula is C18H25N3O2. The number of aromatic amines is 1. The Labute approximate surface area is 137 Å². The minimum absolute atomic E-state index is 0.00383. The van der Waals surface area contributed by atoms with E-state index in [4.69, 9.17) is 4.74 Å². The fourth-order valence-corrected chi connectivity index (χ4v) is 2.81. The molecule has 2 rings (SSSR count). The van der Waals surface area contributed by atoms with Crippen molar-refractivity contribution in [3.8, 4) is 5.75 Å². The molecular weight excluding hydrogens is 290 g/mol. The maximum atomic E-state index is 12.4. The van der Waals surface area contributed by atoms with Gasteiger partial charge in [-0.3, -0.25) is 9.89 Å². The Hall–Kier alpha value is -2.30. The fourth-order valence-electron chi connectivity index (χ4n) is 2.81. The number of aryl methyl sites for hydroxylation is 3. The van der Waals surface area contributed by atoms with Crippen molar-refractivity contribution in [1.82, 2.24) is 15.5 Å². The van der Waals surface area contributed by atoms with Crippen molar-refractivity contribution < 1.29 is 9.53 Å². The molecule has 124 valence electrons. The summed E-state index contributed by atoms with van der Waals surface area (Å²) in [6, 6.07) is 5.98. The van der Waals surface area contributed by atoms with Gasteiger partial charge in [0.25, 0.3) is 0 Å². The molecule has 23 heavy (non-hydrogen) atoms. The molecule has 0 spiro atoms. The topological polar surface area (TPSA) is 67.0 Å². The lowest BCUT2D eigenvalue weighted by Crippen LogP contribution is -2.28. The van der Waals surface area contributed by atoms with Crippen LogP contribution in [0.4, 0.5) is 0 Å². The number of ether oxygens (including phenoxy) is 1. The summed E-state index contributed by atoms with van der Waals surface area (Å²) in [6.45, 7) is 10.9. The van der Waals surface area contributed by atoms with E-state index in [0.29, 0.717) is 13.2 Å². The highest BCUT2D eigenvalue weighted by atomic mass is 16.5. The number of nitrogens with one attached hydrogen (secondary N) is 2. The van der Waals surface area contributed by atoms with E-state index in [1.165, 1.54) is 0 Å². The summed E-state index contributed by atoms with van der Waals surface area (Å²) in [5.41, 5.74) is 4.94. The summed E-state index contributed by atoms with van der Waals surface area (Å²) in [5, 5.41) is 10.1. The van der Waals surface area contributed by atoms with Gasteiger partial charge in [-0.2, -0.15) is 5.10 Å². The number of rotatable bonds is 6. The zero-order valence-corrected chi connectivity index (χ0v) is 14.5. The molecule has 5 nitrogen and oxygen atoms in total. The molecule has 0 fully saturated rings. The van der Waals surface area contributed by atoms with E-state index >= 15 is 0 Å². The van der Waals surface area contributed by atoms with Gasteiger partial charge in [-0.1, -0.05) is 12.1 Å². The molecule has 5 heteroatoms. The third-order valence-corrected chi connectivity index (χ3v) is 4.02. The van der Waals surface area contributed by atoms with E-state index in [-0.39, 0.29) is 11.8 Å². The van der Waals surface area contributed by atoms with E-state index in [2.05, 4.69) is 15.5 Å². The van der Waals surface area contributed by atoms with Crippen LogP contribution in [0.1, 0.15) is 47.8 Å². The number of nitrogens with zero attached hydrogens (tertiary/aromatic N) is 1. The molecule has 0 bridgehead atoms. The highest BCUT2D eigenvalue weighted by molar-refractivity contribution is 5.83. The molecule has 0 saturated heterocycles. The number of H-pyrrole nitrogens is 1. The largest absolute Gasteiger partial charge is 0.494 e. The molecule has 2 aromatic rings. The van der Waals surface area contributed by atoms with Crippen molar-refractivity contribution >= 4 is 5.91 Å². The van der Waals surface area contributed by atoms with Gasteiger partial charge < -0.3 is 10.1 Å². The van der Waals surface area contributed by atoms with E-state index in [0.717, 1.165) is 33.8 Å². The number of benzene rings is 1. The Bertz CT molecular complexity index is 672. The van der Waals surface area contributed by atoms with E-state index in [1.54, 1.807) is 0 Å². The SMILES string of the molecule is CCOc1ccc(CNC(=O)[C@@H](C)c2c(C)n[nH]c2C)cc1C. The molecule has 0 aliphatic carbocycles. The van der Waals surface area contributed by atoms with Gasteiger partial charge in [-0.05, 0) is 51.8 Å². The summed E-state index contributed by atoms with van der Waals surface area (Å²) >= 11 is 0. The molecule has 1 heterocycles. The first-order valence-corrected chi connectivity index (χ1v) is 7.95. The molecule has 1 amide bonds. The van der Waals surface area contributed by atoms with Crippen LogP contribution in [0.3, 0.4) is 0 Å². The number of carbonyl (C=O) groups is 1. The van der Waals surface area contributed by atoms with Gasteiger partial charge >= 0.3 is 0 Å². The number of amides is 1. The van der Waals surface area contributed by atoms with Gasteiger partial charge in [-0.15, -0.1) is 0 Å². The second-order valence-corrected chi connectivity index (χ2v) is 5.82. The van der Waals surface area contributed by atoms with Crippen LogP contribution in [0.15, 0.2) is 18.2 Å². The van der Waals surface area contributed by atoms with Crippen LogP contribution in [-0.2, 0) is 11.3 Å². The molecule has 0 unspecified atom stereocenters. The van der Waals surface area contributed by atoms with Gasteiger partial charge in [0.15, 0.2) is 0 Å². The summed E-state index contributed by atoms with van der Waals surface area (Å²) in [5.74, 6) is 0.669. The van der Waals surface area contributed by atoms with Crippen LogP contribution in [0.2, 0.25) is 0 Å². The molecule has 0 aliphatic rings. The standard InChI is InChI=1S/C18H25N3O2/c1-6-23-16-8-7-15(9-11(16)2)10-19-18(22)12(3)17-13(4)20-21-14(17)5/h7-9,12H,6,10H2,1-5H3,(H,19,22)(H,20,21)/t12-/m0/s1. The van der Waals surface area contributed by atoms with Crippen LogP contribution in [0, 0.1) is 20.8 Å². The maximum absolute atomic E-state index is 12.4. The Morgan fingerprint density at radius 3 is 2.65 bits per heavy atom. The highest BCUT2D eigenvalue weighted by Gasteiger charge is 2.21. The average Bonchev–Trinajstić information content (AvgIpc) is 2.85. The lowest BCUT2D eigenvalue weighted by atomic mass is 9.98. The smallest absolute Gasteiger partial charge is 0.227 e. The van der Waals surface area contributed by atoms with Crippen LogP contribution in [0.25, 0.3) is 0 Å². The second kappa shape index (κ2) is 7.31. The Morgan fingerprint density at radius 1 is 1.35 bits per heavy atom. The molecule has 1 aromatic carbocycles. The van der Waals surface area contributed by atoms with E-state index in [1.807, 2.05) is 52.8 Å². The van der Waals surface area contributed by atoms with Gasteiger partial charge in [0, 0.05) is 17.8 Å². The third-order valence-electron chi connectivity index (χ3n) is 4.02. The van der Waals surface area contributed by atoms with Crippen LogP contribution in [0.5, 0.6) is 5.75 Å². The van der Waals surface area contributed by atoms with Crippen molar-refractivity contribution in [2.75, 3.05) is 6.61 Å². The molecule has 1 aromatic heterocycles. The Morgan fingerprint density at radius 2 is 2.09 bits per heavy atom. The van der Waals surface area contributed by atoms with Crippen molar-refractivity contribution in [2.24, 2.45) is 0 Å². The summed E-state index contributed by atoms with van der Waals surface area (Å²) in [4.78, 5) is 12.4. The Balaban J connectivity index is 2.00. The summed E-state index contributed by atoms with van der Waals surface area (Å²) in [7, 11) is 0. The minimum Gasteiger partial charge on any atom is -0.494 e. The second-order valence-electron chi connectivity index (χ2n) is 5.82. The molecule has 0 saturated carbocycles. The minimum atomic E-state index is -0.224. The van der Waals surface area contributed by atoms with Crippen molar-refractivity contribution in [3.63, 3.8) is 0 Å². The van der Waals surface area contributed by atoms with E-state index in [9.17, 15) is 4.79 Å². The lowest BCUT2D eigenvalue weighted by molar-refractivity contribution is -0.122. The first-order valence-electron chi connectivity index (χ1n) is 7.95. The quantitative estimate of drug-likeness (QED) is 0.860. The van der Waals surface area contributed by atoms with Crippen molar-refractivity contribution in [1.29, 1.82) is 0 Å². The van der Waals surface area contributed by atoms with Crippen LogP contribution < -0.4 is 10.1 Å². The van der Waals surface area contributed by atoms with Gasteiger partial charge in [0.1, 0.15) is 5.75 Å². The van der Waals surface area contributed by atoms with Gasteiger partial charge in [0.2, 0.25) is 5.91 Å². The van der Waals surface area contributed by atoms with Crippen LogP contribution in [-0.4, -0.2) is 22.7 Å². The zero-order chi connectivity index (χ0) is 17.0. The zero-order valence-electron chi connectivity index (χ0n) is 14.5. The summed E-state index contributed by atoms with van der Waals surface area (Å²) < 4.78 is 5.53. The monoisotopic (exact) mass is 315 g/mol. The summed E-state index contributed by atoms with van der Waals surface area (Å²) in [6.07, 6.45) is 0. The lowest BCUT2D eigenvalue weighted by Gasteiger charge is -2.14. The number of aromatic nitrogens is 2. The van der Waals surface area contributed by atoms with Gasteiger partial charge in [-0.25, -0.2) is 0 Å². The van der Waals surface area contributed by atoms with Crippen molar-refractivity contribution in [2.45, 2.75) is 47.1 Å². The van der Waals surface area contributed by atoms with E-state index < -0.39 is 0 Å². The van der Waals surface area contributed by atoms with Crippen molar-refractivity contribution in [3.05, 3.63) is 46.3 Å². The number of hydrogen-bond donors (Lipinski definition) is 2. The average molecular weight is 315 g/mol.